The standard InChI is InChI=1S/C18H21N5O3/c1-11-5-6-14-16(19-11)20-18(25-14)23-8-4-7-22(9-10-23)17(24)15-12(2)21-26-13(15)3/h5-6H,4,7-10H2,1-3H3. The van der Waals surface area contributed by atoms with Crippen LogP contribution in [0.4, 0.5) is 6.01 Å². The van der Waals surface area contributed by atoms with E-state index in [1.54, 1.807) is 13.8 Å². The molecule has 136 valence electrons. The monoisotopic (exact) mass is 355 g/mol. The number of carbonyl (C=O) groups excluding carboxylic acids is 1. The highest BCUT2D eigenvalue weighted by molar-refractivity contribution is 5.96. The number of fused-ring (bicyclic) bond motifs is 1. The van der Waals surface area contributed by atoms with Crippen LogP contribution in [0.2, 0.25) is 0 Å². The molecule has 0 unspecified atom stereocenters. The van der Waals surface area contributed by atoms with E-state index in [2.05, 4.69) is 20.0 Å². The summed E-state index contributed by atoms with van der Waals surface area (Å²) in [5.74, 6) is 0.534. The molecule has 1 fully saturated rings. The predicted molar refractivity (Wildman–Crippen MR) is 95.3 cm³/mol. The molecular formula is C18H21N5O3. The van der Waals surface area contributed by atoms with Crippen molar-refractivity contribution in [3.05, 3.63) is 34.8 Å². The van der Waals surface area contributed by atoms with Crippen LogP contribution < -0.4 is 4.90 Å². The van der Waals surface area contributed by atoms with Crippen molar-refractivity contribution in [2.75, 3.05) is 31.1 Å². The Morgan fingerprint density at radius 1 is 1.08 bits per heavy atom. The number of aryl methyl sites for hydroxylation is 3. The molecular weight excluding hydrogens is 334 g/mol. The number of hydrogen-bond acceptors (Lipinski definition) is 7. The Morgan fingerprint density at radius 3 is 2.69 bits per heavy atom. The maximum absolute atomic E-state index is 12.8. The summed E-state index contributed by atoms with van der Waals surface area (Å²) in [5, 5.41) is 3.88. The van der Waals surface area contributed by atoms with Crippen molar-refractivity contribution in [3.63, 3.8) is 0 Å². The van der Waals surface area contributed by atoms with Gasteiger partial charge in [0.05, 0.1) is 5.69 Å². The largest absolute Gasteiger partial charge is 0.422 e. The zero-order chi connectivity index (χ0) is 18.3. The van der Waals surface area contributed by atoms with Crippen LogP contribution in [0, 0.1) is 20.8 Å². The second-order valence-electron chi connectivity index (χ2n) is 6.60. The van der Waals surface area contributed by atoms with Crippen molar-refractivity contribution in [2.24, 2.45) is 0 Å². The minimum absolute atomic E-state index is 0.0297. The quantitative estimate of drug-likeness (QED) is 0.698. The number of pyridine rings is 1. The molecule has 4 heterocycles. The van der Waals surface area contributed by atoms with Crippen molar-refractivity contribution in [1.82, 2.24) is 20.0 Å². The summed E-state index contributed by atoms with van der Waals surface area (Å²) in [7, 11) is 0. The van der Waals surface area contributed by atoms with E-state index in [4.69, 9.17) is 8.94 Å². The summed E-state index contributed by atoms with van der Waals surface area (Å²) in [6.07, 6.45) is 0.834. The Hall–Kier alpha value is -2.90. The predicted octanol–water partition coefficient (Wildman–Crippen LogP) is 2.49. The summed E-state index contributed by atoms with van der Waals surface area (Å²) < 4.78 is 11.0. The summed E-state index contributed by atoms with van der Waals surface area (Å²) in [5.41, 5.74) is 3.41. The number of aromatic nitrogens is 3. The van der Waals surface area contributed by atoms with Gasteiger partial charge in [0.1, 0.15) is 11.3 Å². The topological polar surface area (TPSA) is 88.5 Å². The molecule has 1 aliphatic heterocycles. The number of nitrogens with zero attached hydrogens (tertiary/aromatic N) is 5. The van der Waals surface area contributed by atoms with E-state index in [9.17, 15) is 4.79 Å². The normalized spacial score (nSPS) is 15.5. The van der Waals surface area contributed by atoms with Crippen molar-refractivity contribution >= 4 is 23.2 Å². The van der Waals surface area contributed by atoms with Crippen LogP contribution in [0.3, 0.4) is 0 Å². The molecule has 0 spiro atoms. The van der Waals surface area contributed by atoms with Crippen LogP contribution in [0.1, 0.15) is 33.9 Å². The van der Waals surface area contributed by atoms with Gasteiger partial charge in [-0.3, -0.25) is 4.79 Å². The molecule has 3 aromatic rings. The van der Waals surface area contributed by atoms with Gasteiger partial charge in [0.15, 0.2) is 5.58 Å². The molecule has 0 aromatic carbocycles. The number of hydrogen-bond donors (Lipinski definition) is 0. The molecule has 8 nitrogen and oxygen atoms in total. The lowest BCUT2D eigenvalue weighted by molar-refractivity contribution is 0.0764. The molecule has 3 aromatic heterocycles. The molecule has 4 rings (SSSR count). The van der Waals surface area contributed by atoms with Gasteiger partial charge in [-0.1, -0.05) is 5.16 Å². The number of rotatable bonds is 2. The smallest absolute Gasteiger partial charge is 0.300 e. The zero-order valence-corrected chi connectivity index (χ0v) is 15.2. The fourth-order valence-corrected chi connectivity index (χ4v) is 3.30. The summed E-state index contributed by atoms with van der Waals surface area (Å²) in [6, 6.07) is 4.35. The summed E-state index contributed by atoms with van der Waals surface area (Å²) >= 11 is 0. The average Bonchev–Trinajstić information content (AvgIpc) is 3.07. The van der Waals surface area contributed by atoms with Gasteiger partial charge in [-0.15, -0.1) is 0 Å². The first-order valence-corrected chi connectivity index (χ1v) is 8.74. The van der Waals surface area contributed by atoms with E-state index in [0.29, 0.717) is 53.9 Å². The maximum atomic E-state index is 12.8. The molecule has 0 radical (unpaired) electrons. The number of carbonyl (C=O) groups is 1. The third-order valence-corrected chi connectivity index (χ3v) is 4.68. The Labute approximate surface area is 150 Å². The first-order chi connectivity index (χ1) is 12.5. The van der Waals surface area contributed by atoms with E-state index < -0.39 is 0 Å². The minimum atomic E-state index is -0.0297. The molecule has 0 N–H and O–H groups in total. The Kier molecular flexibility index (Phi) is 4.10. The number of oxazole rings is 1. The highest BCUT2D eigenvalue weighted by Gasteiger charge is 2.26. The molecule has 0 saturated carbocycles. The summed E-state index contributed by atoms with van der Waals surface area (Å²) in [4.78, 5) is 25.7. The first-order valence-electron chi connectivity index (χ1n) is 8.74. The second-order valence-corrected chi connectivity index (χ2v) is 6.60. The van der Waals surface area contributed by atoms with Crippen LogP contribution in [0.25, 0.3) is 11.2 Å². The molecule has 0 bridgehead atoms. The van der Waals surface area contributed by atoms with Gasteiger partial charge in [0.2, 0.25) is 5.65 Å². The molecule has 1 aliphatic rings. The molecule has 0 aliphatic carbocycles. The van der Waals surface area contributed by atoms with E-state index in [-0.39, 0.29) is 5.91 Å². The van der Waals surface area contributed by atoms with E-state index in [1.165, 1.54) is 0 Å². The van der Waals surface area contributed by atoms with Crippen molar-refractivity contribution in [3.8, 4) is 0 Å². The minimum Gasteiger partial charge on any atom is -0.422 e. The second kappa shape index (κ2) is 6.44. The van der Waals surface area contributed by atoms with Gasteiger partial charge in [-0.2, -0.15) is 4.98 Å². The van der Waals surface area contributed by atoms with Crippen LogP contribution in [0.5, 0.6) is 0 Å². The van der Waals surface area contributed by atoms with Crippen molar-refractivity contribution < 1.29 is 13.7 Å². The molecule has 26 heavy (non-hydrogen) atoms. The highest BCUT2D eigenvalue weighted by Crippen LogP contribution is 2.23. The Morgan fingerprint density at radius 2 is 1.92 bits per heavy atom. The SMILES string of the molecule is Cc1ccc2oc(N3CCCN(C(=O)c4c(C)noc4C)CC3)nc2n1. The number of anilines is 1. The van der Waals surface area contributed by atoms with E-state index in [1.807, 2.05) is 24.0 Å². The molecule has 1 amide bonds. The average molecular weight is 355 g/mol. The van der Waals surface area contributed by atoms with Crippen LogP contribution >= 0.6 is 0 Å². The third kappa shape index (κ3) is 2.91. The highest BCUT2D eigenvalue weighted by atomic mass is 16.5. The lowest BCUT2D eigenvalue weighted by Gasteiger charge is -2.21. The molecule has 8 heteroatoms. The van der Waals surface area contributed by atoms with Crippen LogP contribution in [-0.2, 0) is 0 Å². The Bertz CT molecular complexity index is 942. The zero-order valence-electron chi connectivity index (χ0n) is 15.2. The van der Waals surface area contributed by atoms with Gasteiger partial charge < -0.3 is 18.7 Å². The summed E-state index contributed by atoms with van der Waals surface area (Å²) in [6.45, 7) is 8.19. The van der Waals surface area contributed by atoms with Gasteiger partial charge in [-0.25, -0.2) is 4.98 Å². The van der Waals surface area contributed by atoms with E-state index in [0.717, 1.165) is 18.7 Å². The van der Waals surface area contributed by atoms with Gasteiger partial charge >= 0.3 is 0 Å². The molecule has 1 saturated heterocycles. The number of amides is 1. The lowest BCUT2D eigenvalue weighted by atomic mass is 10.1. The fourth-order valence-electron chi connectivity index (χ4n) is 3.30. The first kappa shape index (κ1) is 16.6. The van der Waals surface area contributed by atoms with Crippen LogP contribution in [0.15, 0.2) is 21.1 Å². The van der Waals surface area contributed by atoms with E-state index >= 15 is 0 Å². The van der Waals surface area contributed by atoms with Crippen molar-refractivity contribution in [1.29, 1.82) is 0 Å². The molecule has 0 atom stereocenters. The van der Waals surface area contributed by atoms with Gasteiger partial charge in [0.25, 0.3) is 11.9 Å². The Balaban J connectivity index is 1.51. The van der Waals surface area contributed by atoms with Crippen molar-refractivity contribution in [2.45, 2.75) is 27.2 Å². The lowest BCUT2D eigenvalue weighted by Crippen LogP contribution is -2.35. The van der Waals surface area contributed by atoms with Gasteiger partial charge in [0, 0.05) is 31.9 Å². The maximum Gasteiger partial charge on any atom is 0.300 e. The third-order valence-electron chi connectivity index (χ3n) is 4.68. The van der Waals surface area contributed by atoms with Crippen LogP contribution in [-0.4, -0.2) is 52.1 Å². The fraction of sp³-hybridized carbons (Fsp3) is 0.444. The van der Waals surface area contributed by atoms with Gasteiger partial charge in [-0.05, 0) is 39.3 Å².